The lowest BCUT2D eigenvalue weighted by molar-refractivity contribution is -0.384. The van der Waals surface area contributed by atoms with Gasteiger partial charge in [-0.05, 0) is 12.0 Å². The minimum absolute atomic E-state index is 0.0269. The van der Waals surface area contributed by atoms with Crippen LogP contribution in [0.1, 0.15) is 18.9 Å². The van der Waals surface area contributed by atoms with E-state index in [1.54, 1.807) is 19.1 Å². The molecule has 1 aromatic carbocycles. The van der Waals surface area contributed by atoms with Crippen molar-refractivity contribution in [1.82, 2.24) is 5.32 Å². The largest absolute Gasteiger partial charge is 0.480 e. The molecule has 0 saturated carbocycles. The summed E-state index contributed by atoms with van der Waals surface area (Å²) in [5.74, 6) is -0.894. The van der Waals surface area contributed by atoms with E-state index in [4.69, 9.17) is 5.11 Å². The smallest absolute Gasteiger partial charge is 0.320 e. The van der Waals surface area contributed by atoms with E-state index in [1.807, 2.05) is 0 Å². The normalized spacial score (nSPS) is 12.1. The molecule has 0 aliphatic carbocycles. The van der Waals surface area contributed by atoms with Gasteiger partial charge in [-0.1, -0.05) is 19.1 Å². The Kier molecular flexibility index (Phi) is 4.59. The van der Waals surface area contributed by atoms with E-state index < -0.39 is 16.9 Å². The Bertz CT molecular complexity index is 402. The summed E-state index contributed by atoms with van der Waals surface area (Å²) in [5.41, 5.74) is 0.842. The monoisotopic (exact) mass is 238 g/mol. The van der Waals surface area contributed by atoms with Gasteiger partial charge in [0.1, 0.15) is 6.04 Å². The number of aliphatic carboxylic acids is 1. The molecule has 0 heterocycles. The highest BCUT2D eigenvalue weighted by molar-refractivity contribution is 5.73. The molecule has 92 valence electrons. The Morgan fingerprint density at radius 2 is 2.06 bits per heavy atom. The van der Waals surface area contributed by atoms with Crippen LogP contribution in [-0.4, -0.2) is 22.0 Å². The number of nitro benzene ring substituents is 1. The lowest BCUT2D eigenvalue weighted by atomic mass is 10.1. The first-order chi connectivity index (χ1) is 8.04. The van der Waals surface area contributed by atoms with Gasteiger partial charge in [-0.15, -0.1) is 0 Å². The van der Waals surface area contributed by atoms with Gasteiger partial charge in [0.05, 0.1) is 4.92 Å². The van der Waals surface area contributed by atoms with Gasteiger partial charge < -0.3 is 10.4 Å². The number of non-ortho nitro benzene ring substituents is 1. The van der Waals surface area contributed by atoms with Gasteiger partial charge in [0.25, 0.3) is 5.69 Å². The minimum atomic E-state index is -0.894. The van der Waals surface area contributed by atoms with Gasteiger partial charge in [-0.3, -0.25) is 14.9 Å². The quantitative estimate of drug-likeness (QED) is 0.579. The van der Waals surface area contributed by atoms with E-state index in [9.17, 15) is 14.9 Å². The molecule has 6 heteroatoms. The van der Waals surface area contributed by atoms with Crippen LogP contribution in [0.25, 0.3) is 0 Å². The summed E-state index contributed by atoms with van der Waals surface area (Å²) in [6.07, 6.45) is 0.488. The lowest BCUT2D eigenvalue weighted by Crippen LogP contribution is -2.35. The molecular formula is C11H14N2O4. The van der Waals surface area contributed by atoms with Gasteiger partial charge in [-0.2, -0.15) is 0 Å². The van der Waals surface area contributed by atoms with Crippen LogP contribution in [0.4, 0.5) is 5.69 Å². The molecule has 1 unspecified atom stereocenters. The predicted octanol–water partition coefficient (Wildman–Crippen LogP) is 1.55. The highest BCUT2D eigenvalue weighted by atomic mass is 16.6. The number of rotatable bonds is 6. The molecular weight excluding hydrogens is 224 g/mol. The van der Waals surface area contributed by atoms with E-state index in [0.29, 0.717) is 13.0 Å². The lowest BCUT2D eigenvalue weighted by Gasteiger charge is -2.11. The molecule has 2 N–H and O–H groups in total. The van der Waals surface area contributed by atoms with Crippen molar-refractivity contribution in [2.45, 2.75) is 25.9 Å². The predicted molar refractivity (Wildman–Crippen MR) is 61.7 cm³/mol. The number of nitrogens with zero attached hydrogens (tertiary/aromatic N) is 1. The third-order valence-electron chi connectivity index (χ3n) is 2.41. The van der Waals surface area contributed by atoms with E-state index >= 15 is 0 Å². The highest BCUT2D eigenvalue weighted by Gasteiger charge is 2.13. The first-order valence-electron chi connectivity index (χ1n) is 5.24. The van der Waals surface area contributed by atoms with E-state index in [1.165, 1.54) is 12.1 Å². The Balaban J connectivity index is 2.58. The number of carbonyl (C=O) groups is 1. The molecule has 17 heavy (non-hydrogen) atoms. The average molecular weight is 238 g/mol. The van der Waals surface area contributed by atoms with Crippen LogP contribution in [0.3, 0.4) is 0 Å². The maximum absolute atomic E-state index is 10.7. The van der Waals surface area contributed by atoms with Crippen molar-refractivity contribution in [2.75, 3.05) is 0 Å². The summed E-state index contributed by atoms with van der Waals surface area (Å²) in [6, 6.07) is 5.43. The van der Waals surface area contributed by atoms with Crippen LogP contribution >= 0.6 is 0 Å². The summed E-state index contributed by atoms with van der Waals surface area (Å²) in [7, 11) is 0. The van der Waals surface area contributed by atoms with Gasteiger partial charge in [0, 0.05) is 18.7 Å². The second kappa shape index (κ2) is 5.95. The molecule has 0 amide bonds. The summed E-state index contributed by atoms with van der Waals surface area (Å²) in [5, 5.41) is 22.1. The molecule has 0 bridgehead atoms. The van der Waals surface area contributed by atoms with Crippen molar-refractivity contribution in [3.05, 3.63) is 39.9 Å². The van der Waals surface area contributed by atoms with Crippen LogP contribution in [0, 0.1) is 10.1 Å². The van der Waals surface area contributed by atoms with Crippen LogP contribution in [-0.2, 0) is 11.3 Å². The molecule has 0 aromatic heterocycles. The third-order valence-corrected chi connectivity index (χ3v) is 2.41. The molecule has 0 spiro atoms. The number of hydrogen-bond donors (Lipinski definition) is 2. The van der Waals surface area contributed by atoms with Crippen LogP contribution in [0.5, 0.6) is 0 Å². The van der Waals surface area contributed by atoms with Crippen molar-refractivity contribution in [1.29, 1.82) is 0 Å². The number of nitrogens with one attached hydrogen (secondary N) is 1. The number of nitro groups is 1. The topological polar surface area (TPSA) is 92.5 Å². The Morgan fingerprint density at radius 3 is 2.47 bits per heavy atom. The van der Waals surface area contributed by atoms with Gasteiger partial charge in [-0.25, -0.2) is 0 Å². The fourth-order valence-corrected chi connectivity index (χ4v) is 1.38. The van der Waals surface area contributed by atoms with Crippen molar-refractivity contribution >= 4 is 11.7 Å². The Labute approximate surface area is 98.4 Å². The molecule has 1 rings (SSSR count). The second-order valence-corrected chi connectivity index (χ2v) is 3.60. The molecule has 0 saturated heterocycles. The first kappa shape index (κ1) is 13.1. The summed E-state index contributed by atoms with van der Waals surface area (Å²) >= 11 is 0. The number of hydrogen-bond acceptors (Lipinski definition) is 4. The fourth-order valence-electron chi connectivity index (χ4n) is 1.38. The van der Waals surface area contributed by atoms with Gasteiger partial charge in [0.2, 0.25) is 0 Å². The minimum Gasteiger partial charge on any atom is -0.480 e. The Morgan fingerprint density at radius 1 is 1.47 bits per heavy atom. The zero-order valence-electron chi connectivity index (χ0n) is 9.42. The second-order valence-electron chi connectivity index (χ2n) is 3.60. The van der Waals surface area contributed by atoms with Crippen molar-refractivity contribution in [2.24, 2.45) is 0 Å². The molecule has 1 atom stereocenters. The standard InChI is InChI=1S/C11H14N2O4/c1-2-10(11(14)15)12-7-8-3-5-9(6-4-8)13(16)17/h3-6,10,12H,2,7H2,1H3,(H,14,15). The number of carboxylic acids is 1. The van der Waals surface area contributed by atoms with Crippen molar-refractivity contribution in [3.63, 3.8) is 0 Å². The molecule has 6 nitrogen and oxygen atoms in total. The van der Waals surface area contributed by atoms with Crippen LogP contribution in [0.15, 0.2) is 24.3 Å². The van der Waals surface area contributed by atoms with E-state index in [0.717, 1.165) is 5.56 Å². The van der Waals surface area contributed by atoms with E-state index in [-0.39, 0.29) is 5.69 Å². The zero-order chi connectivity index (χ0) is 12.8. The van der Waals surface area contributed by atoms with Gasteiger partial charge in [0.15, 0.2) is 0 Å². The number of carboxylic acid groups (broad SMARTS) is 1. The SMILES string of the molecule is CCC(NCc1ccc([N+](=O)[O-])cc1)C(=O)O. The van der Waals surface area contributed by atoms with E-state index in [2.05, 4.69) is 5.32 Å². The number of benzene rings is 1. The maximum Gasteiger partial charge on any atom is 0.320 e. The fraction of sp³-hybridized carbons (Fsp3) is 0.364. The maximum atomic E-state index is 10.7. The van der Waals surface area contributed by atoms with Crippen LogP contribution < -0.4 is 5.32 Å². The first-order valence-corrected chi connectivity index (χ1v) is 5.24. The third kappa shape index (κ3) is 3.84. The molecule has 1 aromatic rings. The van der Waals surface area contributed by atoms with Crippen LogP contribution in [0.2, 0.25) is 0 Å². The summed E-state index contributed by atoms with van der Waals surface area (Å²) < 4.78 is 0. The zero-order valence-corrected chi connectivity index (χ0v) is 9.42. The molecule has 0 aliphatic heterocycles. The van der Waals surface area contributed by atoms with Crippen molar-refractivity contribution in [3.8, 4) is 0 Å². The molecule has 0 aliphatic rings. The highest BCUT2D eigenvalue weighted by Crippen LogP contribution is 2.11. The summed E-state index contributed by atoms with van der Waals surface area (Å²) in [4.78, 5) is 20.7. The average Bonchev–Trinajstić information content (AvgIpc) is 2.30. The van der Waals surface area contributed by atoms with Crippen molar-refractivity contribution < 1.29 is 14.8 Å². The van der Waals surface area contributed by atoms with Gasteiger partial charge >= 0.3 is 5.97 Å². The molecule has 0 fully saturated rings. The Hall–Kier alpha value is -1.95. The molecule has 0 radical (unpaired) electrons. The summed E-state index contributed by atoms with van der Waals surface area (Å²) in [6.45, 7) is 2.16.